The van der Waals surface area contributed by atoms with Gasteiger partial charge in [-0.05, 0) is 31.7 Å². The van der Waals surface area contributed by atoms with E-state index in [9.17, 15) is 0 Å². The molecule has 2 atom stereocenters. The van der Waals surface area contributed by atoms with Gasteiger partial charge in [0.15, 0.2) is 0 Å². The van der Waals surface area contributed by atoms with Gasteiger partial charge in [-0.3, -0.25) is 0 Å². The largest absolute Gasteiger partial charge is 0.378 e. The molecule has 10 heavy (non-hydrogen) atoms. The highest BCUT2D eigenvalue weighted by Crippen LogP contribution is 2.25. The van der Waals surface area contributed by atoms with E-state index >= 15 is 0 Å². The monoisotopic (exact) mass is 141 g/mol. The lowest BCUT2D eigenvalue weighted by atomic mass is 10.00. The molecule has 0 saturated carbocycles. The summed E-state index contributed by atoms with van der Waals surface area (Å²) < 4.78 is 5.60. The van der Waals surface area contributed by atoms with Crippen LogP contribution in [0.3, 0.4) is 0 Å². The zero-order valence-corrected chi connectivity index (χ0v) is 6.31. The molecule has 2 heteroatoms. The number of hydrogen-bond acceptors (Lipinski definition) is 2. The molecule has 0 aromatic carbocycles. The van der Waals surface area contributed by atoms with E-state index < -0.39 is 0 Å². The second-order valence-electron chi connectivity index (χ2n) is 3.30. The number of rotatable bonds is 0. The van der Waals surface area contributed by atoms with E-state index in [0.29, 0.717) is 6.10 Å². The molecule has 0 bridgehead atoms. The lowest BCUT2D eigenvalue weighted by molar-refractivity contribution is 0.0877. The van der Waals surface area contributed by atoms with Gasteiger partial charge in [0.05, 0.1) is 6.10 Å². The molecule has 0 aromatic rings. The minimum absolute atomic E-state index is 0.593. The molecule has 2 rings (SSSR count). The standard InChI is InChI=1S/C8H15NO/c1-2-8-7(3-5-10-8)6-9-4-1/h7-9H,1-6H2/t7-,8+/m1/s1. The summed E-state index contributed by atoms with van der Waals surface area (Å²) in [5.41, 5.74) is 0. The van der Waals surface area contributed by atoms with Gasteiger partial charge >= 0.3 is 0 Å². The van der Waals surface area contributed by atoms with Crippen molar-refractivity contribution in [2.75, 3.05) is 19.7 Å². The Hall–Kier alpha value is -0.0800. The molecule has 0 radical (unpaired) electrons. The molecular formula is C8H15NO. The SMILES string of the molecule is C1CNC[C@H]2CCO[C@H]2C1. The van der Waals surface area contributed by atoms with Crippen LogP contribution in [0.25, 0.3) is 0 Å². The summed E-state index contributed by atoms with van der Waals surface area (Å²) in [5.74, 6) is 0.822. The minimum Gasteiger partial charge on any atom is -0.378 e. The van der Waals surface area contributed by atoms with E-state index in [1.54, 1.807) is 0 Å². The maximum atomic E-state index is 5.60. The van der Waals surface area contributed by atoms with Crippen LogP contribution in [0, 0.1) is 5.92 Å². The first-order valence-corrected chi connectivity index (χ1v) is 4.29. The second kappa shape index (κ2) is 2.89. The van der Waals surface area contributed by atoms with E-state index in [0.717, 1.165) is 12.5 Å². The molecule has 0 aliphatic carbocycles. The summed E-state index contributed by atoms with van der Waals surface area (Å²) >= 11 is 0. The summed E-state index contributed by atoms with van der Waals surface area (Å²) in [4.78, 5) is 0. The average Bonchev–Trinajstić information content (AvgIpc) is 2.28. The molecule has 2 fully saturated rings. The molecule has 2 nitrogen and oxygen atoms in total. The van der Waals surface area contributed by atoms with Gasteiger partial charge in [-0.25, -0.2) is 0 Å². The summed E-state index contributed by atoms with van der Waals surface area (Å²) in [5, 5.41) is 3.44. The molecule has 0 unspecified atom stereocenters. The third-order valence-corrected chi connectivity index (χ3v) is 2.60. The van der Waals surface area contributed by atoms with Crippen LogP contribution in [0.4, 0.5) is 0 Å². The van der Waals surface area contributed by atoms with Crippen LogP contribution in [-0.2, 0) is 4.74 Å². The Labute approximate surface area is 61.9 Å². The van der Waals surface area contributed by atoms with Gasteiger partial charge in [0.2, 0.25) is 0 Å². The van der Waals surface area contributed by atoms with Gasteiger partial charge in [0.25, 0.3) is 0 Å². The Balaban J connectivity index is 1.95. The summed E-state index contributed by atoms with van der Waals surface area (Å²) in [6.07, 6.45) is 4.44. The van der Waals surface area contributed by atoms with Gasteiger partial charge in [0, 0.05) is 13.2 Å². The second-order valence-corrected chi connectivity index (χ2v) is 3.30. The van der Waals surface area contributed by atoms with Crippen molar-refractivity contribution in [3.63, 3.8) is 0 Å². The van der Waals surface area contributed by atoms with Gasteiger partial charge < -0.3 is 10.1 Å². The van der Waals surface area contributed by atoms with E-state index in [4.69, 9.17) is 4.74 Å². The van der Waals surface area contributed by atoms with Crippen molar-refractivity contribution < 1.29 is 4.74 Å². The van der Waals surface area contributed by atoms with Crippen molar-refractivity contribution in [3.8, 4) is 0 Å². The molecule has 1 N–H and O–H groups in total. The number of fused-ring (bicyclic) bond motifs is 1. The van der Waals surface area contributed by atoms with Gasteiger partial charge in [-0.15, -0.1) is 0 Å². The first-order valence-electron chi connectivity index (χ1n) is 4.29. The highest BCUT2D eigenvalue weighted by atomic mass is 16.5. The van der Waals surface area contributed by atoms with Crippen LogP contribution in [0.5, 0.6) is 0 Å². The maximum absolute atomic E-state index is 5.60. The van der Waals surface area contributed by atoms with Crippen LogP contribution in [0.2, 0.25) is 0 Å². The molecule has 0 spiro atoms. The average molecular weight is 141 g/mol. The molecule has 58 valence electrons. The maximum Gasteiger partial charge on any atom is 0.0616 e. The van der Waals surface area contributed by atoms with Crippen molar-refractivity contribution in [2.24, 2.45) is 5.92 Å². The van der Waals surface area contributed by atoms with Crippen molar-refractivity contribution in [3.05, 3.63) is 0 Å². The fourth-order valence-electron chi connectivity index (χ4n) is 1.96. The van der Waals surface area contributed by atoms with E-state index in [1.165, 1.54) is 32.4 Å². The van der Waals surface area contributed by atoms with Crippen LogP contribution in [-0.4, -0.2) is 25.8 Å². The Bertz CT molecular complexity index is 104. The molecule has 0 amide bonds. The highest BCUT2D eigenvalue weighted by Gasteiger charge is 2.28. The first kappa shape index (κ1) is 6.62. The van der Waals surface area contributed by atoms with Crippen molar-refractivity contribution in [1.82, 2.24) is 5.32 Å². The minimum atomic E-state index is 0.593. The fraction of sp³-hybridized carbons (Fsp3) is 1.00. The zero-order valence-electron chi connectivity index (χ0n) is 6.31. The number of nitrogens with one attached hydrogen (secondary N) is 1. The van der Waals surface area contributed by atoms with Crippen LogP contribution >= 0.6 is 0 Å². The third-order valence-electron chi connectivity index (χ3n) is 2.60. The Morgan fingerprint density at radius 1 is 1.30 bits per heavy atom. The normalized spacial score (nSPS) is 40.8. The molecule has 0 aromatic heterocycles. The van der Waals surface area contributed by atoms with Crippen molar-refractivity contribution in [2.45, 2.75) is 25.4 Å². The lowest BCUT2D eigenvalue weighted by Crippen LogP contribution is -2.24. The van der Waals surface area contributed by atoms with E-state index in [2.05, 4.69) is 5.32 Å². The Kier molecular flexibility index (Phi) is 1.91. The quantitative estimate of drug-likeness (QED) is 0.538. The lowest BCUT2D eigenvalue weighted by Gasteiger charge is -2.12. The molecule has 2 heterocycles. The van der Waals surface area contributed by atoms with Gasteiger partial charge in [-0.1, -0.05) is 0 Å². The first-order chi connectivity index (χ1) is 4.97. The predicted octanol–water partition coefficient (Wildman–Crippen LogP) is 0.775. The predicted molar refractivity (Wildman–Crippen MR) is 40.0 cm³/mol. The van der Waals surface area contributed by atoms with Crippen LogP contribution in [0.1, 0.15) is 19.3 Å². The molecule has 2 aliphatic rings. The topological polar surface area (TPSA) is 21.3 Å². The smallest absolute Gasteiger partial charge is 0.0616 e. The summed E-state index contributed by atoms with van der Waals surface area (Å²) in [6.45, 7) is 3.37. The summed E-state index contributed by atoms with van der Waals surface area (Å²) in [6, 6.07) is 0. The number of ether oxygens (including phenoxy) is 1. The fourth-order valence-corrected chi connectivity index (χ4v) is 1.96. The van der Waals surface area contributed by atoms with Crippen molar-refractivity contribution >= 4 is 0 Å². The summed E-state index contributed by atoms with van der Waals surface area (Å²) in [7, 11) is 0. The Morgan fingerprint density at radius 2 is 2.30 bits per heavy atom. The van der Waals surface area contributed by atoms with Gasteiger partial charge in [0.1, 0.15) is 0 Å². The molecular weight excluding hydrogens is 126 g/mol. The van der Waals surface area contributed by atoms with Crippen LogP contribution < -0.4 is 5.32 Å². The van der Waals surface area contributed by atoms with E-state index in [-0.39, 0.29) is 0 Å². The van der Waals surface area contributed by atoms with Crippen molar-refractivity contribution in [1.29, 1.82) is 0 Å². The van der Waals surface area contributed by atoms with E-state index in [1.807, 2.05) is 0 Å². The van der Waals surface area contributed by atoms with Gasteiger partial charge in [-0.2, -0.15) is 0 Å². The third kappa shape index (κ3) is 1.18. The number of hydrogen-bond donors (Lipinski definition) is 1. The zero-order chi connectivity index (χ0) is 6.81. The Morgan fingerprint density at radius 3 is 3.30 bits per heavy atom. The molecule has 2 aliphatic heterocycles. The van der Waals surface area contributed by atoms with Crippen LogP contribution in [0.15, 0.2) is 0 Å². The molecule has 2 saturated heterocycles. The highest BCUT2D eigenvalue weighted by molar-refractivity contribution is 4.80.